The van der Waals surface area contributed by atoms with E-state index in [9.17, 15) is 4.79 Å². The summed E-state index contributed by atoms with van der Waals surface area (Å²) in [7, 11) is 0. The van der Waals surface area contributed by atoms with Gasteiger partial charge in [0.05, 0.1) is 6.54 Å². The van der Waals surface area contributed by atoms with Crippen molar-refractivity contribution < 1.29 is 4.79 Å². The SMILES string of the molecule is CCc1ccc(NCC(=O)NC(C)C(C)C)cc1. The zero-order chi connectivity index (χ0) is 13.5. The number of carbonyl (C=O) groups is 1. The first-order chi connectivity index (χ1) is 8.52. The summed E-state index contributed by atoms with van der Waals surface area (Å²) in [6.45, 7) is 8.67. The van der Waals surface area contributed by atoms with Gasteiger partial charge in [-0.2, -0.15) is 0 Å². The van der Waals surface area contributed by atoms with Gasteiger partial charge in [0.2, 0.25) is 5.91 Å². The summed E-state index contributed by atoms with van der Waals surface area (Å²) in [5, 5.41) is 6.10. The Bertz CT molecular complexity index is 371. The number of amides is 1. The highest BCUT2D eigenvalue weighted by atomic mass is 16.1. The Balaban J connectivity index is 2.37. The molecule has 100 valence electrons. The van der Waals surface area contributed by atoms with Crippen molar-refractivity contribution in [2.75, 3.05) is 11.9 Å². The van der Waals surface area contributed by atoms with Crippen molar-refractivity contribution in [3.05, 3.63) is 29.8 Å². The van der Waals surface area contributed by atoms with E-state index < -0.39 is 0 Å². The van der Waals surface area contributed by atoms with Gasteiger partial charge >= 0.3 is 0 Å². The molecule has 0 aliphatic rings. The summed E-state index contributed by atoms with van der Waals surface area (Å²) in [5.41, 5.74) is 2.29. The van der Waals surface area contributed by atoms with Crippen molar-refractivity contribution in [3.8, 4) is 0 Å². The molecule has 0 aromatic heterocycles. The molecule has 0 saturated heterocycles. The van der Waals surface area contributed by atoms with Crippen molar-refractivity contribution in [3.63, 3.8) is 0 Å². The Kier molecular flexibility index (Phi) is 5.69. The van der Waals surface area contributed by atoms with Crippen molar-refractivity contribution in [2.24, 2.45) is 5.92 Å². The van der Waals surface area contributed by atoms with E-state index in [1.807, 2.05) is 19.1 Å². The summed E-state index contributed by atoms with van der Waals surface area (Å²) in [6, 6.07) is 8.39. The quantitative estimate of drug-likeness (QED) is 0.813. The fraction of sp³-hybridized carbons (Fsp3) is 0.533. The highest BCUT2D eigenvalue weighted by molar-refractivity contribution is 5.80. The molecule has 18 heavy (non-hydrogen) atoms. The second-order valence-electron chi connectivity index (χ2n) is 5.00. The van der Waals surface area contributed by atoms with Gasteiger partial charge in [0.15, 0.2) is 0 Å². The molecular formula is C15H24N2O. The molecule has 0 radical (unpaired) electrons. The van der Waals surface area contributed by atoms with Crippen molar-refractivity contribution in [1.29, 1.82) is 0 Å². The zero-order valence-corrected chi connectivity index (χ0v) is 11.8. The molecule has 0 spiro atoms. The van der Waals surface area contributed by atoms with Gasteiger partial charge < -0.3 is 10.6 Å². The van der Waals surface area contributed by atoms with Gasteiger partial charge in [-0.3, -0.25) is 4.79 Å². The van der Waals surface area contributed by atoms with Crippen LogP contribution in [0.25, 0.3) is 0 Å². The molecule has 1 aromatic rings. The van der Waals surface area contributed by atoms with Crippen LogP contribution in [0.4, 0.5) is 5.69 Å². The lowest BCUT2D eigenvalue weighted by molar-refractivity contribution is -0.120. The summed E-state index contributed by atoms with van der Waals surface area (Å²) in [6.07, 6.45) is 1.03. The van der Waals surface area contributed by atoms with Crippen LogP contribution in [0.3, 0.4) is 0 Å². The molecule has 0 heterocycles. The first-order valence-electron chi connectivity index (χ1n) is 6.65. The fourth-order valence-corrected chi connectivity index (χ4v) is 1.51. The maximum absolute atomic E-state index is 11.7. The molecule has 3 heteroatoms. The normalized spacial score (nSPS) is 12.3. The average molecular weight is 248 g/mol. The van der Waals surface area contributed by atoms with Crippen LogP contribution in [0.15, 0.2) is 24.3 Å². The molecule has 0 aliphatic carbocycles. The first-order valence-corrected chi connectivity index (χ1v) is 6.65. The second-order valence-corrected chi connectivity index (χ2v) is 5.00. The third-order valence-corrected chi connectivity index (χ3v) is 3.20. The maximum Gasteiger partial charge on any atom is 0.239 e. The first kappa shape index (κ1) is 14.6. The number of rotatable bonds is 6. The average Bonchev–Trinajstić information content (AvgIpc) is 2.36. The minimum Gasteiger partial charge on any atom is -0.376 e. The van der Waals surface area contributed by atoms with E-state index >= 15 is 0 Å². The Morgan fingerprint density at radius 1 is 1.17 bits per heavy atom. The van der Waals surface area contributed by atoms with Crippen LogP contribution in [0.2, 0.25) is 0 Å². The predicted molar refractivity (Wildman–Crippen MR) is 76.8 cm³/mol. The van der Waals surface area contributed by atoms with Gasteiger partial charge in [0, 0.05) is 11.7 Å². The van der Waals surface area contributed by atoms with E-state index in [0.717, 1.165) is 12.1 Å². The highest BCUT2D eigenvalue weighted by Crippen LogP contribution is 2.09. The van der Waals surface area contributed by atoms with Gasteiger partial charge in [0.1, 0.15) is 0 Å². The van der Waals surface area contributed by atoms with Crippen LogP contribution in [-0.2, 0) is 11.2 Å². The Hall–Kier alpha value is -1.51. The number of hydrogen-bond donors (Lipinski definition) is 2. The molecule has 2 N–H and O–H groups in total. The molecule has 0 saturated carbocycles. The third-order valence-electron chi connectivity index (χ3n) is 3.20. The summed E-state index contributed by atoms with van der Waals surface area (Å²) in [5.74, 6) is 0.494. The van der Waals surface area contributed by atoms with E-state index in [1.165, 1.54) is 5.56 Å². The van der Waals surface area contributed by atoms with Crippen LogP contribution >= 0.6 is 0 Å². The molecular weight excluding hydrogens is 224 g/mol. The van der Waals surface area contributed by atoms with Crippen LogP contribution in [-0.4, -0.2) is 18.5 Å². The van der Waals surface area contributed by atoms with E-state index in [2.05, 4.69) is 43.5 Å². The molecule has 0 aliphatic heterocycles. The van der Waals surface area contributed by atoms with Crippen LogP contribution in [0.1, 0.15) is 33.3 Å². The van der Waals surface area contributed by atoms with Crippen molar-refractivity contribution >= 4 is 11.6 Å². The van der Waals surface area contributed by atoms with Gasteiger partial charge in [-0.25, -0.2) is 0 Å². The number of anilines is 1. The smallest absolute Gasteiger partial charge is 0.239 e. The summed E-state index contributed by atoms with van der Waals surface area (Å²) in [4.78, 5) is 11.7. The topological polar surface area (TPSA) is 41.1 Å². The van der Waals surface area contributed by atoms with Gasteiger partial charge in [-0.15, -0.1) is 0 Å². The highest BCUT2D eigenvalue weighted by Gasteiger charge is 2.10. The Morgan fingerprint density at radius 3 is 2.28 bits per heavy atom. The van der Waals surface area contributed by atoms with Crippen molar-refractivity contribution in [2.45, 2.75) is 40.2 Å². The summed E-state index contributed by atoms with van der Waals surface area (Å²) < 4.78 is 0. The standard InChI is InChI=1S/C15H24N2O/c1-5-13-6-8-14(9-7-13)16-10-15(18)17-12(4)11(2)3/h6-9,11-12,16H,5,10H2,1-4H3,(H,17,18). The molecule has 0 fully saturated rings. The maximum atomic E-state index is 11.7. The molecule has 3 nitrogen and oxygen atoms in total. The molecule has 1 unspecified atom stereocenters. The van der Waals surface area contributed by atoms with Crippen molar-refractivity contribution in [1.82, 2.24) is 5.32 Å². The van der Waals surface area contributed by atoms with E-state index in [4.69, 9.17) is 0 Å². The number of aryl methyl sites for hydroxylation is 1. The molecule has 1 aromatic carbocycles. The molecule has 0 bridgehead atoms. The number of nitrogens with one attached hydrogen (secondary N) is 2. The molecule has 1 rings (SSSR count). The lowest BCUT2D eigenvalue weighted by Crippen LogP contribution is -2.39. The lowest BCUT2D eigenvalue weighted by atomic mass is 10.1. The van der Waals surface area contributed by atoms with E-state index in [1.54, 1.807) is 0 Å². The fourth-order valence-electron chi connectivity index (χ4n) is 1.51. The minimum absolute atomic E-state index is 0.0377. The van der Waals surface area contributed by atoms with E-state index in [0.29, 0.717) is 12.5 Å². The number of carbonyl (C=O) groups excluding carboxylic acids is 1. The molecule has 1 amide bonds. The van der Waals surface area contributed by atoms with Crippen LogP contribution in [0.5, 0.6) is 0 Å². The zero-order valence-electron chi connectivity index (χ0n) is 11.8. The largest absolute Gasteiger partial charge is 0.376 e. The Labute approximate surface area is 110 Å². The third kappa shape index (κ3) is 4.78. The van der Waals surface area contributed by atoms with E-state index in [-0.39, 0.29) is 11.9 Å². The predicted octanol–water partition coefficient (Wildman–Crippen LogP) is 2.82. The lowest BCUT2D eigenvalue weighted by Gasteiger charge is -2.17. The molecule has 1 atom stereocenters. The Morgan fingerprint density at radius 2 is 1.78 bits per heavy atom. The summed E-state index contributed by atoms with van der Waals surface area (Å²) >= 11 is 0. The monoisotopic (exact) mass is 248 g/mol. The van der Waals surface area contributed by atoms with Gasteiger partial charge in [0.25, 0.3) is 0 Å². The second kappa shape index (κ2) is 7.04. The van der Waals surface area contributed by atoms with Crippen LogP contribution < -0.4 is 10.6 Å². The van der Waals surface area contributed by atoms with Gasteiger partial charge in [-0.05, 0) is 37.0 Å². The van der Waals surface area contributed by atoms with Gasteiger partial charge in [-0.1, -0.05) is 32.9 Å². The minimum atomic E-state index is 0.0377. The number of benzene rings is 1. The van der Waals surface area contributed by atoms with Crippen LogP contribution in [0, 0.1) is 5.92 Å². The number of hydrogen-bond acceptors (Lipinski definition) is 2.